The van der Waals surface area contributed by atoms with Crippen molar-refractivity contribution in [3.8, 4) is 0 Å². The van der Waals surface area contributed by atoms with Crippen LogP contribution in [0.1, 0.15) is 30.6 Å². The van der Waals surface area contributed by atoms with Crippen LogP contribution in [0.25, 0.3) is 0 Å². The van der Waals surface area contributed by atoms with Crippen molar-refractivity contribution in [1.82, 2.24) is 16.0 Å². The molecule has 5 N–H and O–H groups in total. The zero-order valence-electron chi connectivity index (χ0n) is 16.6. The number of nitrogens with one attached hydrogen (secondary N) is 3. The maximum Gasteiger partial charge on any atom is 0.270 e. The molecule has 0 saturated heterocycles. The Morgan fingerprint density at radius 2 is 1.68 bits per heavy atom. The van der Waals surface area contributed by atoms with Crippen molar-refractivity contribution in [1.29, 1.82) is 0 Å². The second-order valence-corrected chi connectivity index (χ2v) is 9.01. The molecule has 0 bridgehead atoms. The van der Waals surface area contributed by atoms with Crippen molar-refractivity contribution >= 4 is 39.2 Å². The molecule has 1 aromatic rings. The van der Waals surface area contributed by atoms with Gasteiger partial charge in [-0.05, 0) is 26.3 Å². The monoisotopic (exact) mass is 455 g/mol. The molecule has 0 aromatic heterocycles. The van der Waals surface area contributed by atoms with Crippen molar-refractivity contribution in [2.24, 2.45) is 5.73 Å². The van der Waals surface area contributed by atoms with Crippen LogP contribution in [-0.4, -0.2) is 60.8 Å². The van der Waals surface area contributed by atoms with E-state index < -0.39 is 84.8 Å². The molecule has 31 heavy (non-hydrogen) atoms. The Morgan fingerprint density at radius 1 is 1.10 bits per heavy atom. The molecule has 1 aliphatic rings. The van der Waals surface area contributed by atoms with Crippen LogP contribution in [-0.2, 0) is 24.2 Å². The zero-order valence-corrected chi connectivity index (χ0v) is 17.4. The average Bonchev–Trinajstić information content (AvgIpc) is 2.69. The SMILES string of the molecule is C[C@@H]1NC(=O)c2cc([N+](=O)[O-])ccc2S(=O)(=O)CC[C@@H](C(N)=O)NC(=O)[C@H](C)NC1=O. The fourth-order valence-electron chi connectivity index (χ4n) is 2.79. The summed E-state index contributed by atoms with van der Waals surface area (Å²) in [5.74, 6) is -4.27. The Morgan fingerprint density at radius 3 is 2.26 bits per heavy atom. The molecule has 14 heteroatoms. The number of nitrogens with zero attached hydrogens (tertiary/aromatic N) is 1. The number of hydrogen-bond acceptors (Lipinski definition) is 8. The minimum Gasteiger partial charge on any atom is -0.368 e. The van der Waals surface area contributed by atoms with Crippen molar-refractivity contribution in [3.05, 3.63) is 33.9 Å². The van der Waals surface area contributed by atoms with Crippen LogP contribution in [0.4, 0.5) is 5.69 Å². The van der Waals surface area contributed by atoms with Gasteiger partial charge in [-0.15, -0.1) is 0 Å². The van der Waals surface area contributed by atoms with Gasteiger partial charge < -0.3 is 21.7 Å². The molecule has 3 atom stereocenters. The summed E-state index contributed by atoms with van der Waals surface area (Å²) in [5.41, 5.74) is 4.19. The summed E-state index contributed by atoms with van der Waals surface area (Å²) in [4.78, 5) is 58.6. The van der Waals surface area contributed by atoms with Gasteiger partial charge in [0.15, 0.2) is 9.84 Å². The molecule has 168 valence electrons. The number of primary amides is 1. The first kappa shape index (κ1) is 23.7. The zero-order chi connectivity index (χ0) is 23.5. The number of carbonyl (C=O) groups excluding carboxylic acids is 4. The van der Waals surface area contributed by atoms with Crippen LogP contribution in [0.5, 0.6) is 0 Å². The fraction of sp³-hybridized carbons (Fsp3) is 0.412. The molecule has 4 amide bonds. The third-order valence-corrected chi connectivity index (χ3v) is 6.38. The maximum absolute atomic E-state index is 12.9. The summed E-state index contributed by atoms with van der Waals surface area (Å²) >= 11 is 0. The number of fused-ring (bicyclic) bond motifs is 1. The van der Waals surface area contributed by atoms with Crippen molar-refractivity contribution < 1.29 is 32.5 Å². The number of hydrogen-bond donors (Lipinski definition) is 4. The third-order valence-electron chi connectivity index (χ3n) is 4.58. The van der Waals surface area contributed by atoms with Gasteiger partial charge in [0.25, 0.3) is 11.6 Å². The lowest BCUT2D eigenvalue weighted by Crippen LogP contribution is -2.55. The lowest BCUT2D eigenvalue weighted by molar-refractivity contribution is -0.384. The van der Waals surface area contributed by atoms with Crippen LogP contribution in [0.2, 0.25) is 0 Å². The molecule has 0 unspecified atom stereocenters. The molecule has 13 nitrogen and oxygen atoms in total. The summed E-state index contributed by atoms with van der Waals surface area (Å²) in [6, 6.07) is -1.10. The molecule has 1 heterocycles. The lowest BCUT2D eigenvalue weighted by atomic mass is 10.1. The molecule has 1 aromatic carbocycles. The number of benzene rings is 1. The second-order valence-electron chi connectivity index (χ2n) is 6.93. The van der Waals surface area contributed by atoms with Gasteiger partial charge in [-0.3, -0.25) is 29.3 Å². The fourth-order valence-corrected chi connectivity index (χ4v) is 4.32. The summed E-state index contributed by atoms with van der Waals surface area (Å²) in [6.45, 7) is 2.60. The summed E-state index contributed by atoms with van der Waals surface area (Å²) in [5, 5.41) is 18.0. The lowest BCUT2D eigenvalue weighted by Gasteiger charge is -2.22. The Hall–Kier alpha value is -3.55. The van der Waals surface area contributed by atoms with E-state index in [1.165, 1.54) is 13.8 Å². The third kappa shape index (κ3) is 5.53. The van der Waals surface area contributed by atoms with Gasteiger partial charge in [0.05, 0.1) is 21.1 Å². The van der Waals surface area contributed by atoms with E-state index >= 15 is 0 Å². The molecule has 0 radical (unpaired) electrons. The van der Waals surface area contributed by atoms with Crippen molar-refractivity contribution in [2.75, 3.05) is 5.75 Å². The van der Waals surface area contributed by atoms with E-state index in [4.69, 9.17) is 5.73 Å². The number of nitro groups is 1. The number of rotatable bonds is 2. The highest BCUT2D eigenvalue weighted by Gasteiger charge is 2.31. The number of nitro benzene ring substituents is 1. The highest BCUT2D eigenvalue weighted by Crippen LogP contribution is 2.24. The molecule has 1 aliphatic heterocycles. The Bertz CT molecular complexity index is 1050. The van der Waals surface area contributed by atoms with Gasteiger partial charge in [-0.2, -0.15) is 0 Å². The first-order chi connectivity index (χ1) is 14.3. The predicted molar refractivity (Wildman–Crippen MR) is 105 cm³/mol. The van der Waals surface area contributed by atoms with Crippen molar-refractivity contribution in [3.63, 3.8) is 0 Å². The maximum atomic E-state index is 12.9. The second kappa shape index (κ2) is 9.07. The first-order valence-electron chi connectivity index (χ1n) is 9.05. The molecule has 2 rings (SSSR count). The van der Waals surface area contributed by atoms with Gasteiger partial charge in [0.1, 0.15) is 18.1 Å². The number of sulfone groups is 1. The smallest absolute Gasteiger partial charge is 0.270 e. The highest BCUT2D eigenvalue weighted by molar-refractivity contribution is 7.91. The van der Waals surface area contributed by atoms with Gasteiger partial charge in [0, 0.05) is 12.1 Å². The highest BCUT2D eigenvalue weighted by atomic mass is 32.2. The summed E-state index contributed by atoms with van der Waals surface area (Å²) < 4.78 is 25.7. The van der Waals surface area contributed by atoms with E-state index in [1.807, 2.05) is 0 Å². The average molecular weight is 455 g/mol. The molecule has 0 spiro atoms. The largest absolute Gasteiger partial charge is 0.368 e. The minimum absolute atomic E-state index is 0.418. The van der Waals surface area contributed by atoms with Crippen LogP contribution < -0.4 is 21.7 Å². The number of non-ortho nitro benzene ring substituents is 1. The topological polar surface area (TPSA) is 208 Å². The molecule has 0 saturated carbocycles. The number of nitrogens with two attached hydrogens (primary N) is 1. The predicted octanol–water partition coefficient (Wildman–Crippen LogP) is -1.63. The van der Waals surface area contributed by atoms with Crippen LogP contribution in [0.3, 0.4) is 0 Å². The Labute approximate surface area is 176 Å². The van der Waals surface area contributed by atoms with Gasteiger partial charge >= 0.3 is 0 Å². The van der Waals surface area contributed by atoms with E-state index in [9.17, 15) is 37.7 Å². The Balaban J connectivity index is 2.59. The van der Waals surface area contributed by atoms with Gasteiger partial charge in [-0.1, -0.05) is 0 Å². The Kier molecular flexibility index (Phi) is 6.95. The summed E-state index contributed by atoms with van der Waals surface area (Å²) in [6.07, 6.45) is -0.418. The van der Waals surface area contributed by atoms with Crippen LogP contribution >= 0.6 is 0 Å². The van der Waals surface area contributed by atoms with Gasteiger partial charge in [0.2, 0.25) is 17.7 Å². The normalized spacial score (nSPS) is 24.6. The molecular weight excluding hydrogens is 434 g/mol. The van der Waals surface area contributed by atoms with E-state index in [0.29, 0.717) is 0 Å². The standard InChI is InChI=1S/C17H21N5O8S/c1-8-15(24)19-9(2)16(25)21-12(14(18)23)5-6-31(29,30)13-4-3-10(22(27)28)7-11(13)17(26)20-8/h3-4,7-9,12H,5-6H2,1-2H3,(H2,18,23)(H,19,24)(H,20,26)(H,21,25)/t8-,9-,12-/m0/s1. The van der Waals surface area contributed by atoms with Crippen LogP contribution in [0.15, 0.2) is 23.1 Å². The number of amides is 4. The van der Waals surface area contributed by atoms with Crippen LogP contribution in [0, 0.1) is 10.1 Å². The number of carbonyl (C=O) groups is 4. The van der Waals surface area contributed by atoms with E-state index in [0.717, 1.165) is 18.2 Å². The molecule has 0 aliphatic carbocycles. The van der Waals surface area contributed by atoms with Gasteiger partial charge in [-0.25, -0.2) is 8.42 Å². The van der Waals surface area contributed by atoms with Crippen molar-refractivity contribution in [2.45, 2.75) is 43.3 Å². The first-order valence-corrected chi connectivity index (χ1v) is 10.7. The summed E-state index contributed by atoms with van der Waals surface area (Å²) in [7, 11) is -4.24. The van der Waals surface area contributed by atoms with E-state index in [-0.39, 0.29) is 0 Å². The van der Waals surface area contributed by atoms with E-state index in [2.05, 4.69) is 16.0 Å². The molecule has 0 fully saturated rings. The molecular formula is C17H21N5O8S. The minimum atomic E-state index is -4.24. The van der Waals surface area contributed by atoms with E-state index in [1.54, 1.807) is 0 Å². The quantitative estimate of drug-likeness (QED) is 0.300.